The van der Waals surface area contributed by atoms with E-state index < -0.39 is 0 Å². The van der Waals surface area contributed by atoms with Gasteiger partial charge in [-0.2, -0.15) is 0 Å². The number of rotatable bonds is 4. The van der Waals surface area contributed by atoms with Crippen LogP contribution in [0, 0.1) is 5.92 Å². The Balaban J connectivity index is 1.33. The molecule has 0 spiro atoms. The number of nitrogens with zero attached hydrogens (tertiary/aromatic N) is 2. The van der Waals surface area contributed by atoms with Crippen molar-refractivity contribution in [3.63, 3.8) is 0 Å². The van der Waals surface area contributed by atoms with E-state index in [2.05, 4.69) is 17.0 Å². The van der Waals surface area contributed by atoms with E-state index in [9.17, 15) is 4.79 Å². The average Bonchev–Trinajstić information content (AvgIpc) is 3.08. The van der Waals surface area contributed by atoms with Gasteiger partial charge in [-0.15, -0.1) is 0 Å². The number of carbonyl (C=O) groups excluding carboxylic acids is 1. The fraction of sp³-hybridized carbons (Fsp3) is 0.652. The minimum atomic E-state index is -0.0979. The lowest BCUT2D eigenvalue weighted by molar-refractivity contribution is -0.148. The second-order valence-corrected chi connectivity index (χ2v) is 8.60. The number of aliphatic imine (C=N–C) groups is 1. The molecular formula is C23H30N2O4. The van der Waals surface area contributed by atoms with E-state index in [1.54, 1.807) is 0 Å². The average molecular weight is 399 g/mol. The standard InChI is InChI=1S/C23H30N2O4/c26-22-14-17-11-19-15-24-23(16-2-7-27-8-3-16)21(19)13-18(17)12-20(29-22)1-4-25-5-9-28-10-6-25/h11,13,16,20H,1-10,12,14-15H2. The Labute approximate surface area is 172 Å². The zero-order valence-corrected chi connectivity index (χ0v) is 17.0. The number of benzene rings is 1. The molecule has 29 heavy (non-hydrogen) atoms. The van der Waals surface area contributed by atoms with Gasteiger partial charge in [0, 0.05) is 56.5 Å². The highest BCUT2D eigenvalue weighted by Gasteiger charge is 2.30. The number of esters is 1. The molecule has 1 unspecified atom stereocenters. The van der Waals surface area contributed by atoms with Crippen LogP contribution in [0.25, 0.3) is 0 Å². The van der Waals surface area contributed by atoms with Gasteiger partial charge >= 0.3 is 5.97 Å². The molecule has 2 fully saturated rings. The predicted molar refractivity (Wildman–Crippen MR) is 109 cm³/mol. The van der Waals surface area contributed by atoms with Crippen LogP contribution in [0.2, 0.25) is 0 Å². The van der Waals surface area contributed by atoms with Crippen LogP contribution in [0.3, 0.4) is 0 Å². The van der Waals surface area contributed by atoms with Crippen molar-refractivity contribution in [2.24, 2.45) is 10.9 Å². The third-order valence-electron chi connectivity index (χ3n) is 6.68. The summed E-state index contributed by atoms with van der Waals surface area (Å²) in [5.74, 6) is 0.406. The lowest BCUT2D eigenvalue weighted by Gasteiger charge is -2.28. The van der Waals surface area contributed by atoms with Crippen molar-refractivity contribution in [2.45, 2.75) is 44.8 Å². The predicted octanol–water partition coefficient (Wildman–Crippen LogP) is 2.15. The molecule has 4 aliphatic rings. The highest BCUT2D eigenvalue weighted by Crippen LogP contribution is 2.32. The quantitative estimate of drug-likeness (QED) is 0.728. The summed E-state index contributed by atoms with van der Waals surface area (Å²) in [6.07, 6.45) is 4.12. The number of carbonyl (C=O) groups is 1. The van der Waals surface area contributed by atoms with Gasteiger partial charge in [-0.25, -0.2) is 0 Å². The monoisotopic (exact) mass is 398 g/mol. The first kappa shape index (κ1) is 19.2. The van der Waals surface area contributed by atoms with E-state index in [-0.39, 0.29) is 12.1 Å². The number of ether oxygens (including phenoxy) is 3. The molecular weight excluding hydrogens is 368 g/mol. The maximum absolute atomic E-state index is 12.4. The molecule has 2 saturated heterocycles. The topological polar surface area (TPSA) is 60.4 Å². The number of morpholine rings is 1. The zero-order valence-electron chi connectivity index (χ0n) is 17.0. The lowest BCUT2D eigenvalue weighted by atomic mass is 9.86. The molecule has 4 aliphatic heterocycles. The van der Waals surface area contributed by atoms with Crippen molar-refractivity contribution in [2.75, 3.05) is 46.1 Å². The molecule has 0 saturated carbocycles. The first-order valence-corrected chi connectivity index (χ1v) is 11.0. The molecule has 0 N–H and O–H groups in total. The van der Waals surface area contributed by atoms with Gasteiger partial charge in [-0.05, 0) is 42.0 Å². The van der Waals surface area contributed by atoms with Crippen molar-refractivity contribution in [1.29, 1.82) is 0 Å². The Morgan fingerprint density at radius 1 is 1.00 bits per heavy atom. The summed E-state index contributed by atoms with van der Waals surface area (Å²) in [7, 11) is 0. The Bertz CT molecular complexity index is 794. The first-order valence-electron chi connectivity index (χ1n) is 11.0. The van der Waals surface area contributed by atoms with E-state index in [0.29, 0.717) is 12.3 Å². The van der Waals surface area contributed by atoms with E-state index in [1.165, 1.54) is 22.4 Å². The number of fused-ring (bicyclic) bond motifs is 2. The summed E-state index contributed by atoms with van der Waals surface area (Å²) in [5.41, 5.74) is 6.23. The van der Waals surface area contributed by atoms with Crippen molar-refractivity contribution in [3.8, 4) is 0 Å². The van der Waals surface area contributed by atoms with Crippen LogP contribution in [-0.2, 0) is 38.4 Å². The van der Waals surface area contributed by atoms with Crippen LogP contribution in [0.5, 0.6) is 0 Å². The van der Waals surface area contributed by atoms with Gasteiger partial charge in [0.2, 0.25) is 0 Å². The maximum atomic E-state index is 12.4. The van der Waals surface area contributed by atoms with Crippen LogP contribution < -0.4 is 0 Å². The van der Waals surface area contributed by atoms with E-state index in [1.807, 2.05) is 0 Å². The van der Waals surface area contributed by atoms with Crippen molar-refractivity contribution in [1.82, 2.24) is 4.90 Å². The fourth-order valence-electron chi connectivity index (χ4n) is 5.02. The molecule has 0 aliphatic carbocycles. The molecule has 0 amide bonds. The lowest BCUT2D eigenvalue weighted by Crippen LogP contribution is -2.38. The van der Waals surface area contributed by atoms with Crippen molar-refractivity contribution in [3.05, 3.63) is 34.4 Å². The molecule has 0 bridgehead atoms. The van der Waals surface area contributed by atoms with Gasteiger partial charge in [0.25, 0.3) is 0 Å². The third kappa shape index (κ3) is 4.25. The smallest absolute Gasteiger partial charge is 0.310 e. The van der Waals surface area contributed by atoms with Gasteiger partial charge in [0.05, 0.1) is 26.2 Å². The number of hydrogen-bond donors (Lipinski definition) is 0. The number of hydrogen-bond acceptors (Lipinski definition) is 6. The second kappa shape index (κ2) is 8.54. The third-order valence-corrected chi connectivity index (χ3v) is 6.68. The van der Waals surface area contributed by atoms with E-state index in [0.717, 1.165) is 83.9 Å². The van der Waals surface area contributed by atoms with Gasteiger partial charge in [0.1, 0.15) is 6.10 Å². The largest absolute Gasteiger partial charge is 0.462 e. The molecule has 5 rings (SSSR count). The maximum Gasteiger partial charge on any atom is 0.310 e. The van der Waals surface area contributed by atoms with Gasteiger partial charge in [0.15, 0.2) is 0 Å². The summed E-state index contributed by atoms with van der Waals surface area (Å²) >= 11 is 0. The molecule has 6 heteroatoms. The Morgan fingerprint density at radius 3 is 2.62 bits per heavy atom. The van der Waals surface area contributed by atoms with Crippen LogP contribution >= 0.6 is 0 Å². The van der Waals surface area contributed by atoms with E-state index >= 15 is 0 Å². The van der Waals surface area contributed by atoms with Crippen LogP contribution in [0.1, 0.15) is 41.5 Å². The molecule has 156 valence electrons. The molecule has 0 radical (unpaired) electrons. The molecule has 1 atom stereocenters. The van der Waals surface area contributed by atoms with Gasteiger partial charge in [-0.3, -0.25) is 14.7 Å². The Kier molecular flexibility index (Phi) is 5.66. The van der Waals surface area contributed by atoms with Crippen LogP contribution in [0.15, 0.2) is 17.1 Å². The molecule has 6 nitrogen and oxygen atoms in total. The Hall–Kier alpha value is -1.76. The highest BCUT2D eigenvalue weighted by molar-refractivity contribution is 6.05. The first-order chi connectivity index (χ1) is 14.3. The van der Waals surface area contributed by atoms with Crippen LogP contribution in [0.4, 0.5) is 0 Å². The van der Waals surface area contributed by atoms with Crippen LogP contribution in [-0.4, -0.2) is 68.7 Å². The SMILES string of the molecule is O=C1Cc2cc3c(cc2CC(CCN2CCOCC2)O1)C(C1CCOCC1)=NC3. The summed E-state index contributed by atoms with van der Waals surface area (Å²) < 4.78 is 16.8. The highest BCUT2D eigenvalue weighted by atomic mass is 16.5. The molecule has 1 aromatic rings. The summed E-state index contributed by atoms with van der Waals surface area (Å²) in [4.78, 5) is 19.7. The molecule has 4 heterocycles. The minimum Gasteiger partial charge on any atom is -0.462 e. The number of cyclic esters (lactones) is 1. The fourth-order valence-corrected chi connectivity index (χ4v) is 5.02. The zero-order chi connectivity index (χ0) is 19.6. The molecule has 0 aromatic heterocycles. The Morgan fingerprint density at radius 2 is 1.79 bits per heavy atom. The van der Waals surface area contributed by atoms with Crippen molar-refractivity contribution < 1.29 is 19.0 Å². The summed E-state index contributed by atoms with van der Waals surface area (Å²) in [6, 6.07) is 4.53. The second-order valence-electron chi connectivity index (χ2n) is 8.60. The van der Waals surface area contributed by atoms with Gasteiger partial charge < -0.3 is 14.2 Å². The summed E-state index contributed by atoms with van der Waals surface area (Å²) in [6.45, 7) is 6.89. The van der Waals surface area contributed by atoms with Gasteiger partial charge in [-0.1, -0.05) is 6.07 Å². The summed E-state index contributed by atoms with van der Waals surface area (Å²) in [5, 5.41) is 0. The molecule has 1 aromatic carbocycles. The van der Waals surface area contributed by atoms with Crippen molar-refractivity contribution >= 4 is 11.7 Å². The normalized spacial score (nSPS) is 25.7. The minimum absolute atomic E-state index is 0.0467. The van der Waals surface area contributed by atoms with E-state index in [4.69, 9.17) is 19.2 Å².